The van der Waals surface area contributed by atoms with Gasteiger partial charge in [0.1, 0.15) is 6.33 Å². The number of nitrogen functional groups attached to an aromatic ring is 1. The molecule has 0 aromatic carbocycles. The molecule has 0 radical (unpaired) electrons. The van der Waals surface area contributed by atoms with Crippen LogP contribution < -0.4 is 5.73 Å². The highest BCUT2D eigenvalue weighted by Gasteiger charge is 2.32. The molecule has 0 spiro atoms. The number of nitrogens with zero attached hydrogens (tertiary/aromatic N) is 5. The van der Waals surface area contributed by atoms with E-state index in [0.29, 0.717) is 29.2 Å². The van der Waals surface area contributed by atoms with Crippen molar-refractivity contribution in [1.29, 1.82) is 0 Å². The van der Waals surface area contributed by atoms with Gasteiger partial charge >= 0.3 is 0 Å². The largest absolute Gasteiger partial charge is 0.382 e. The highest BCUT2D eigenvalue weighted by atomic mass is 15.5. The first-order valence-corrected chi connectivity index (χ1v) is 7.39. The van der Waals surface area contributed by atoms with Gasteiger partial charge in [0.15, 0.2) is 17.0 Å². The molecule has 1 aliphatic rings. The fourth-order valence-corrected chi connectivity index (χ4v) is 3.28. The quantitative estimate of drug-likeness (QED) is 0.909. The Bertz CT molecular complexity index is 605. The van der Waals surface area contributed by atoms with Crippen molar-refractivity contribution in [2.75, 3.05) is 5.73 Å². The third-order valence-electron chi connectivity index (χ3n) is 4.74. The molecule has 2 aromatic heterocycles. The average molecular weight is 274 g/mol. The molecule has 6 nitrogen and oxygen atoms in total. The summed E-state index contributed by atoms with van der Waals surface area (Å²) in [5.74, 6) is 2.45. The first kappa shape index (κ1) is 13.3. The lowest BCUT2D eigenvalue weighted by Crippen LogP contribution is -2.29. The van der Waals surface area contributed by atoms with Gasteiger partial charge in [-0.3, -0.25) is 0 Å². The predicted octanol–water partition coefficient (Wildman–Crippen LogP) is 2.44. The van der Waals surface area contributed by atoms with Crippen LogP contribution in [0.25, 0.3) is 11.2 Å². The zero-order chi connectivity index (χ0) is 14.3. The zero-order valence-corrected chi connectivity index (χ0v) is 12.3. The number of hydrogen-bond acceptors (Lipinski definition) is 5. The average Bonchev–Trinajstić information content (AvgIpc) is 2.84. The van der Waals surface area contributed by atoms with E-state index in [1.54, 1.807) is 0 Å². The first-order valence-electron chi connectivity index (χ1n) is 7.39. The molecule has 0 bridgehead atoms. The number of hydrogen-bond donors (Lipinski definition) is 1. The fraction of sp³-hybridized carbons (Fsp3) is 0.714. The Morgan fingerprint density at radius 3 is 2.85 bits per heavy atom. The van der Waals surface area contributed by atoms with E-state index in [2.05, 4.69) is 41.1 Å². The van der Waals surface area contributed by atoms with Crippen molar-refractivity contribution < 1.29 is 0 Å². The Hall–Kier alpha value is -1.72. The van der Waals surface area contributed by atoms with Crippen molar-refractivity contribution in [2.45, 2.75) is 46.1 Å². The Balaban J connectivity index is 1.98. The molecule has 20 heavy (non-hydrogen) atoms. The molecular formula is C14H22N6. The van der Waals surface area contributed by atoms with E-state index in [9.17, 15) is 0 Å². The van der Waals surface area contributed by atoms with Crippen molar-refractivity contribution >= 4 is 17.0 Å². The van der Waals surface area contributed by atoms with Crippen LogP contribution in [0.3, 0.4) is 0 Å². The second kappa shape index (κ2) is 5.00. The lowest BCUT2D eigenvalue weighted by Gasteiger charge is -2.36. The maximum atomic E-state index is 5.84. The molecule has 1 fully saturated rings. The molecule has 108 valence electrons. The minimum absolute atomic E-state index is 0.357. The minimum Gasteiger partial charge on any atom is -0.382 e. The summed E-state index contributed by atoms with van der Waals surface area (Å²) in [5, 5.41) is 8.47. The van der Waals surface area contributed by atoms with E-state index in [1.807, 2.05) is 4.68 Å². The lowest BCUT2D eigenvalue weighted by molar-refractivity contribution is 0.154. The molecule has 2 N–H and O–H groups in total. The number of nitrogens with two attached hydrogens (primary N) is 1. The standard InChI is InChI=1S/C14H22N6/c1-8(2)10-5-4-9(3)11(6-10)20-14-12(18-19-20)13(15)16-7-17-14/h7-11H,4-6H2,1-3H3,(H2,15,16,17)/t9-,10-,11+/m1/s1. The van der Waals surface area contributed by atoms with E-state index in [1.165, 1.54) is 19.2 Å². The van der Waals surface area contributed by atoms with Gasteiger partial charge in [0, 0.05) is 0 Å². The number of anilines is 1. The van der Waals surface area contributed by atoms with Crippen LogP contribution in [0.4, 0.5) is 5.82 Å². The van der Waals surface area contributed by atoms with Crippen LogP contribution in [0.5, 0.6) is 0 Å². The Labute approximate surface area is 118 Å². The summed E-state index contributed by atoms with van der Waals surface area (Å²) in [5.41, 5.74) is 7.22. The summed E-state index contributed by atoms with van der Waals surface area (Å²) in [6.07, 6.45) is 5.17. The smallest absolute Gasteiger partial charge is 0.184 e. The molecule has 3 atom stereocenters. The maximum absolute atomic E-state index is 5.84. The highest BCUT2D eigenvalue weighted by molar-refractivity contribution is 5.80. The van der Waals surface area contributed by atoms with Crippen LogP contribution in [0.15, 0.2) is 6.33 Å². The predicted molar refractivity (Wildman–Crippen MR) is 77.9 cm³/mol. The Kier molecular flexibility index (Phi) is 3.31. The molecule has 2 heterocycles. The van der Waals surface area contributed by atoms with Gasteiger partial charge in [-0.25, -0.2) is 14.6 Å². The molecule has 3 rings (SSSR count). The van der Waals surface area contributed by atoms with Crippen molar-refractivity contribution in [2.24, 2.45) is 17.8 Å². The monoisotopic (exact) mass is 274 g/mol. The maximum Gasteiger partial charge on any atom is 0.184 e. The van der Waals surface area contributed by atoms with E-state index >= 15 is 0 Å². The van der Waals surface area contributed by atoms with Gasteiger partial charge in [-0.15, -0.1) is 5.10 Å². The van der Waals surface area contributed by atoms with Crippen molar-refractivity contribution in [1.82, 2.24) is 25.0 Å². The van der Waals surface area contributed by atoms with E-state index in [-0.39, 0.29) is 0 Å². The summed E-state index contributed by atoms with van der Waals surface area (Å²) in [7, 11) is 0. The summed E-state index contributed by atoms with van der Waals surface area (Å²) in [6, 6.07) is 0.357. The van der Waals surface area contributed by atoms with Crippen LogP contribution in [0, 0.1) is 17.8 Å². The topological polar surface area (TPSA) is 82.5 Å². The van der Waals surface area contributed by atoms with Gasteiger partial charge < -0.3 is 5.73 Å². The molecule has 0 unspecified atom stereocenters. The Morgan fingerprint density at radius 2 is 2.10 bits per heavy atom. The summed E-state index contributed by atoms with van der Waals surface area (Å²) in [6.45, 7) is 6.90. The van der Waals surface area contributed by atoms with Crippen LogP contribution in [-0.2, 0) is 0 Å². The normalized spacial score (nSPS) is 27.3. The van der Waals surface area contributed by atoms with Crippen LogP contribution >= 0.6 is 0 Å². The molecule has 0 amide bonds. The molecule has 1 aliphatic carbocycles. The third-order valence-corrected chi connectivity index (χ3v) is 4.74. The number of rotatable bonds is 2. The minimum atomic E-state index is 0.357. The van der Waals surface area contributed by atoms with Gasteiger partial charge in [0.2, 0.25) is 0 Å². The van der Waals surface area contributed by atoms with Crippen molar-refractivity contribution in [3.8, 4) is 0 Å². The molecule has 6 heteroatoms. The van der Waals surface area contributed by atoms with Gasteiger partial charge in [-0.1, -0.05) is 26.0 Å². The van der Waals surface area contributed by atoms with Gasteiger partial charge in [-0.05, 0) is 37.0 Å². The lowest BCUT2D eigenvalue weighted by atomic mass is 9.74. The van der Waals surface area contributed by atoms with E-state index < -0.39 is 0 Å². The van der Waals surface area contributed by atoms with Crippen molar-refractivity contribution in [3.05, 3.63) is 6.33 Å². The van der Waals surface area contributed by atoms with E-state index in [4.69, 9.17) is 5.73 Å². The van der Waals surface area contributed by atoms with Gasteiger partial charge in [0.25, 0.3) is 0 Å². The van der Waals surface area contributed by atoms with Crippen LogP contribution in [0.2, 0.25) is 0 Å². The third kappa shape index (κ3) is 2.13. The second-order valence-corrected chi connectivity index (χ2v) is 6.33. The Morgan fingerprint density at radius 1 is 1.30 bits per heavy atom. The summed E-state index contributed by atoms with van der Waals surface area (Å²) in [4.78, 5) is 8.31. The number of aromatic nitrogens is 5. The highest BCUT2D eigenvalue weighted by Crippen LogP contribution is 2.40. The molecule has 1 saturated carbocycles. The molecule has 0 saturated heterocycles. The van der Waals surface area contributed by atoms with Crippen LogP contribution in [-0.4, -0.2) is 25.0 Å². The SMILES string of the molecule is CC(C)[C@@H]1CC[C@@H](C)[C@@H](n2nnc3c(N)ncnc32)C1. The summed E-state index contributed by atoms with van der Waals surface area (Å²) >= 11 is 0. The van der Waals surface area contributed by atoms with E-state index in [0.717, 1.165) is 18.0 Å². The van der Waals surface area contributed by atoms with Gasteiger partial charge in [-0.2, -0.15) is 0 Å². The zero-order valence-electron chi connectivity index (χ0n) is 12.3. The molecular weight excluding hydrogens is 252 g/mol. The number of fused-ring (bicyclic) bond motifs is 1. The first-order chi connectivity index (χ1) is 9.58. The van der Waals surface area contributed by atoms with Gasteiger partial charge in [0.05, 0.1) is 6.04 Å². The molecule has 0 aliphatic heterocycles. The van der Waals surface area contributed by atoms with Crippen molar-refractivity contribution in [3.63, 3.8) is 0 Å². The summed E-state index contributed by atoms with van der Waals surface area (Å²) < 4.78 is 1.96. The molecule has 2 aromatic rings. The fourth-order valence-electron chi connectivity index (χ4n) is 3.28. The van der Waals surface area contributed by atoms with Crippen LogP contribution in [0.1, 0.15) is 46.1 Å². The second-order valence-electron chi connectivity index (χ2n) is 6.33.